The Morgan fingerprint density at radius 1 is 0.676 bits per heavy atom. The van der Waals surface area contributed by atoms with Crippen molar-refractivity contribution in [2.45, 2.75) is 70.6 Å². The summed E-state index contributed by atoms with van der Waals surface area (Å²) in [6.07, 6.45) is 14.4. The molecule has 4 rings (SSSR count). The van der Waals surface area contributed by atoms with Crippen LogP contribution in [0.4, 0.5) is 4.39 Å². The summed E-state index contributed by atoms with van der Waals surface area (Å²) >= 11 is 0. The van der Waals surface area contributed by atoms with E-state index in [1.165, 1.54) is 46.2 Å². The Hall–Kier alpha value is -2.67. The Bertz CT molecular complexity index is 1000. The zero-order chi connectivity index (χ0) is 23.6. The quantitative estimate of drug-likeness (QED) is 0.211. The Balaban J connectivity index is 1.27. The molecule has 0 amide bonds. The molecular formula is C33H39F. The van der Waals surface area contributed by atoms with E-state index in [1.807, 2.05) is 0 Å². The molecule has 1 fully saturated rings. The zero-order valence-corrected chi connectivity index (χ0v) is 20.7. The topological polar surface area (TPSA) is 0 Å². The van der Waals surface area contributed by atoms with Crippen LogP contribution in [-0.2, 0) is 19.3 Å². The Morgan fingerprint density at radius 2 is 1.18 bits per heavy atom. The fraction of sp³-hybridized carbons (Fsp3) is 0.394. The van der Waals surface area contributed by atoms with E-state index in [4.69, 9.17) is 0 Å². The number of unbranched alkanes of at least 4 members (excludes halogenated alkanes) is 1. The maximum absolute atomic E-state index is 12.9. The Labute approximate surface area is 205 Å². The Morgan fingerprint density at radius 3 is 1.71 bits per heavy atom. The van der Waals surface area contributed by atoms with E-state index in [1.54, 1.807) is 0 Å². The van der Waals surface area contributed by atoms with E-state index in [2.05, 4.69) is 91.9 Å². The lowest BCUT2D eigenvalue weighted by Gasteiger charge is -2.27. The van der Waals surface area contributed by atoms with E-state index >= 15 is 0 Å². The summed E-state index contributed by atoms with van der Waals surface area (Å²) in [5, 5.41) is 0. The molecule has 3 aromatic rings. The first-order valence-electron chi connectivity index (χ1n) is 13.2. The molecule has 3 aromatic carbocycles. The molecule has 0 heterocycles. The molecule has 1 saturated carbocycles. The van der Waals surface area contributed by atoms with Crippen LogP contribution >= 0.6 is 0 Å². The van der Waals surface area contributed by atoms with Crippen molar-refractivity contribution in [2.75, 3.05) is 6.67 Å². The number of benzene rings is 3. The van der Waals surface area contributed by atoms with Crippen molar-refractivity contribution in [3.63, 3.8) is 0 Å². The second kappa shape index (κ2) is 12.7. The van der Waals surface area contributed by atoms with Crippen LogP contribution in [0.2, 0.25) is 0 Å². The van der Waals surface area contributed by atoms with Crippen LogP contribution < -0.4 is 0 Å². The fourth-order valence-electron chi connectivity index (χ4n) is 5.21. The first-order chi connectivity index (χ1) is 16.7. The van der Waals surface area contributed by atoms with E-state index in [9.17, 15) is 4.39 Å². The number of halogens is 1. The molecule has 0 spiro atoms. The molecule has 178 valence electrons. The molecule has 34 heavy (non-hydrogen) atoms. The van der Waals surface area contributed by atoms with Crippen molar-refractivity contribution >= 4 is 0 Å². The molecule has 0 unspecified atom stereocenters. The molecule has 1 heteroatoms. The van der Waals surface area contributed by atoms with Gasteiger partial charge in [0.25, 0.3) is 0 Å². The van der Waals surface area contributed by atoms with Gasteiger partial charge in [0.15, 0.2) is 0 Å². The van der Waals surface area contributed by atoms with Gasteiger partial charge in [0.1, 0.15) is 0 Å². The van der Waals surface area contributed by atoms with Crippen LogP contribution in [0, 0.1) is 5.92 Å². The molecule has 0 radical (unpaired) electrons. The standard InChI is InChI=1S/C33H39F/c1-2-3-4-5-6-26-7-9-27(10-8-26)11-12-28-13-17-30(18-14-28)32-21-23-33(24-22-32)31-19-15-29(25-34)16-20-31/h2-3,7-10,13-14,17-18,21-24,29,31H,4-6,11-12,15-16,19-20,25H2,1H3/b3-2-. The summed E-state index contributed by atoms with van der Waals surface area (Å²) in [7, 11) is 0. The molecule has 0 aromatic heterocycles. The van der Waals surface area contributed by atoms with Crippen LogP contribution in [0.1, 0.15) is 73.6 Å². The van der Waals surface area contributed by atoms with Gasteiger partial charge in [-0.05, 0) is 110 Å². The van der Waals surface area contributed by atoms with Crippen molar-refractivity contribution in [3.05, 3.63) is 107 Å². The maximum Gasteiger partial charge on any atom is 0.0922 e. The molecule has 0 bridgehead atoms. The van der Waals surface area contributed by atoms with Gasteiger partial charge < -0.3 is 0 Å². The minimum Gasteiger partial charge on any atom is -0.251 e. The summed E-state index contributed by atoms with van der Waals surface area (Å²) in [6, 6.07) is 27.3. The first-order valence-corrected chi connectivity index (χ1v) is 13.2. The van der Waals surface area contributed by atoms with Gasteiger partial charge in [0.2, 0.25) is 0 Å². The second-order valence-corrected chi connectivity index (χ2v) is 9.97. The van der Waals surface area contributed by atoms with Crippen molar-refractivity contribution in [3.8, 4) is 11.1 Å². The van der Waals surface area contributed by atoms with Gasteiger partial charge >= 0.3 is 0 Å². The van der Waals surface area contributed by atoms with Crippen LogP contribution in [0.15, 0.2) is 84.9 Å². The predicted molar refractivity (Wildman–Crippen MR) is 144 cm³/mol. The van der Waals surface area contributed by atoms with Gasteiger partial charge in [-0.3, -0.25) is 4.39 Å². The van der Waals surface area contributed by atoms with Crippen molar-refractivity contribution in [1.82, 2.24) is 0 Å². The van der Waals surface area contributed by atoms with Crippen LogP contribution in [0.5, 0.6) is 0 Å². The van der Waals surface area contributed by atoms with E-state index in [0.717, 1.165) is 44.9 Å². The van der Waals surface area contributed by atoms with Crippen LogP contribution in [0.25, 0.3) is 11.1 Å². The molecule has 1 aliphatic carbocycles. The minimum absolute atomic E-state index is 0.148. The number of hydrogen-bond acceptors (Lipinski definition) is 0. The summed E-state index contributed by atoms with van der Waals surface area (Å²) in [6.45, 7) is 1.94. The molecule has 0 aliphatic heterocycles. The average molecular weight is 455 g/mol. The third kappa shape index (κ3) is 6.92. The van der Waals surface area contributed by atoms with E-state index in [-0.39, 0.29) is 6.67 Å². The fourth-order valence-corrected chi connectivity index (χ4v) is 5.21. The lowest BCUT2D eigenvalue weighted by atomic mass is 9.79. The lowest BCUT2D eigenvalue weighted by molar-refractivity contribution is 0.263. The summed E-state index contributed by atoms with van der Waals surface area (Å²) in [4.78, 5) is 0. The number of aryl methyl sites for hydroxylation is 3. The van der Waals surface area contributed by atoms with Gasteiger partial charge in [0.05, 0.1) is 6.67 Å². The Kier molecular flexibility index (Phi) is 9.13. The normalized spacial score (nSPS) is 18.4. The van der Waals surface area contributed by atoms with Gasteiger partial charge in [-0.1, -0.05) is 84.9 Å². The van der Waals surface area contributed by atoms with Crippen molar-refractivity contribution < 1.29 is 4.39 Å². The third-order valence-corrected chi connectivity index (χ3v) is 7.53. The second-order valence-electron chi connectivity index (χ2n) is 9.97. The van der Waals surface area contributed by atoms with Crippen LogP contribution in [-0.4, -0.2) is 6.67 Å². The molecule has 0 atom stereocenters. The van der Waals surface area contributed by atoms with Gasteiger partial charge in [-0.2, -0.15) is 0 Å². The summed E-state index contributed by atoms with van der Waals surface area (Å²) in [5.41, 5.74) is 8.21. The molecule has 0 saturated heterocycles. The highest BCUT2D eigenvalue weighted by Crippen LogP contribution is 2.36. The largest absolute Gasteiger partial charge is 0.251 e. The summed E-state index contributed by atoms with van der Waals surface area (Å²) < 4.78 is 12.9. The highest BCUT2D eigenvalue weighted by Gasteiger charge is 2.22. The average Bonchev–Trinajstić information content (AvgIpc) is 2.91. The minimum atomic E-state index is -0.148. The molecule has 0 N–H and O–H groups in total. The molecule has 0 nitrogen and oxygen atoms in total. The number of hydrogen-bond donors (Lipinski definition) is 0. The van der Waals surface area contributed by atoms with Crippen molar-refractivity contribution in [2.24, 2.45) is 5.92 Å². The number of alkyl halides is 1. The smallest absolute Gasteiger partial charge is 0.0922 e. The van der Waals surface area contributed by atoms with Gasteiger partial charge in [-0.15, -0.1) is 0 Å². The van der Waals surface area contributed by atoms with E-state index in [0.29, 0.717) is 11.8 Å². The van der Waals surface area contributed by atoms with Gasteiger partial charge in [-0.25, -0.2) is 0 Å². The highest BCUT2D eigenvalue weighted by atomic mass is 19.1. The molecular weight excluding hydrogens is 415 g/mol. The SMILES string of the molecule is C/C=C\CCCc1ccc(CCc2ccc(-c3ccc(C4CCC(CF)CC4)cc3)cc2)cc1. The summed E-state index contributed by atoms with van der Waals surface area (Å²) in [5.74, 6) is 0.901. The highest BCUT2D eigenvalue weighted by molar-refractivity contribution is 5.64. The first kappa shape index (κ1) is 24.5. The van der Waals surface area contributed by atoms with E-state index < -0.39 is 0 Å². The van der Waals surface area contributed by atoms with Crippen LogP contribution in [0.3, 0.4) is 0 Å². The zero-order valence-electron chi connectivity index (χ0n) is 20.7. The molecule has 1 aliphatic rings. The van der Waals surface area contributed by atoms with Crippen molar-refractivity contribution in [1.29, 1.82) is 0 Å². The predicted octanol–water partition coefficient (Wildman–Crippen LogP) is 9.28. The third-order valence-electron chi connectivity index (χ3n) is 7.53. The lowest BCUT2D eigenvalue weighted by Crippen LogP contribution is -2.14. The number of allylic oxidation sites excluding steroid dienone is 2. The van der Waals surface area contributed by atoms with Gasteiger partial charge in [0, 0.05) is 0 Å². The monoisotopic (exact) mass is 454 g/mol. The maximum atomic E-state index is 12.9. The number of rotatable bonds is 10.